The zero-order chi connectivity index (χ0) is 13.3. The van der Waals surface area contributed by atoms with Crippen molar-refractivity contribution in [3.8, 4) is 5.75 Å². The molecule has 0 aliphatic heterocycles. The molecule has 0 radical (unpaired) electrons. The number of rotatable bonds is 5. The lowest BCUT2D eigenvalue weighted by molar-refractivity contribution is -0.386. The summed E-state index contributed by atoms with van der Waals surface area (Å²) in [4.78, 5) is 21.3. The third-order valence-corrected chi connectivity index (χ3v) is 2.86. The summed E-state index contributed by atoms with van der Waals surface area (Å²) in [5.41, 5.74) is 0.586. The molecule has 18 heavy (non-hydrogen) atoms. The Morgan fingerprint density at radius 3 is 2.72 bits per heavy atom. The summed E-state index contributed by atoms with van der Waals surface area (Å²) in [7, 11) is 0. The second-order valence-corrected chi connectivity index (χ2v) is 4.44. The van der Waals surface area contributed by atoms with Gasteiger partial charge in [-0.05, 0) is 31.4 Å². The van der Waals surface area contributed by atoms with Crippen LogP contribution in [0.4, 0.5) is 5.69 Å². The maximum Gasteiger partial charge on any atom is 0.345 e. The zero-order valence-corrected chi connectivity index (χ0v) is 9.83. The average Bonchev–Trinajstić information content (AvgIpc) is 3.08. The molecule has 1 saturated carbocycles. The van der Waals surface area contributed by atoms with Gasteiger partial charge in [0.1, 0.15) is 0 Å². The monoisotopic (exact) mass is 251 g/mol. The Morgan fingerprint density at radius 1 is 1.56 bits per heavy atom. The van der Waals surface area contributed by atoms with E-state index >= 15 is 0 Å². The van der Waals surface area contributed by atoms with E-state index in [0.717, 1.165) is 18.4 Å². The van der Waals surface area contributed by atoms with Crippen LogP contribution in [0.25, 0.3) is 0 Å². The summed E-state index contributed by atoms with van der Waals surface area (Å²) in [5.74, 6) is -1.09. The van der Waals surface area contributed by atoms with Crippen molar-refractivity contribution in [2.24, 2.45) is 5.92 Å². The second kappa shape index (κ2) is 4.64. The van der Waals surface area contributed by atoms with E-state index in [-0.39, 0.29) is 17.4 Å². The number of nitro benzene ring substituents is 1. The molecule has 0 saturated heterocycles. The first kappa shape index (κ1) is 12.3. The molecule has 0 aromatic heterocycles. The fourth-order valence-corrected chi connectivity index (χ4v) is 1.75. The molecule has 6 nitrogen and oxygen atoms in total. The van der Waals surface area contributed by atoms with Crippen LogP contribution in [0.3, 0.4) is 0 Å². The van der Waals surface area contributed by atoms with Crippen molar-refractivity contribution in [1.29, 1.82) is 0 Å². The van der Waals surface area contributed by atoms with Gasteiger partial charge in [-0.2, -0.15) is 0 Å². The summed E-state index contributed by atoms with van der Waals surface area (Å²) in [6.45, 7) is 1.77. The molecular formula is C12H13NO5. The van der Waals surface area contributed by atoms with E-state index in [1.165, 1.54) is 12.1 Å². The molecule has 0 spiro atoms. The Hall–Kier alpha value is -2.11. The van der Waals surface area contributed by atoms with Gasteiger partial charge >= 0.3 is 11.7 Å². The van der Waals surface area contributed by atoms with E-state index in [9.17, 15) is 14.9 Å². The molecule has 6 heteroatoms. The van der Waals surface area contributed by atoms with Gasteiger partial charge in [-0.1, -0.05) is 6.07 Å². The number of nitrogens with zero attached hydrogens (tertiary/aromatic N) is 1. The highest BCUT2D eigenvalue weighted by atomic mass is 16.6. The van der Waals surface area contributed by atoms with Crippen LogP contribution in [0.2, 0.25) is 0 Å². The van der Waals surface area contributed by atoms with E-state index in [1.54, 1.807) is 13.0 Å². The Kier molecular flexibility index (Phi) is 3.18. The smallest absolute Gasteiger partial charge is 0.345 e. The number of benzene rings is 1. The van der Waals surface area contributed by atoms with Crippen LogP contribution in [0.15, 0.2) is 18.2 Å². The molecule has 2 rings (SSSR count). The number of nitro groups is 1. The molecular weight excluding hydrogens is 238 g/mol. The van der Waals surface area contributed by atoms with E-state index in [1.807, 2.05) is 0 Å². The van der Waals surface area contributed by atoms with Crippen LogP contribution >= 0.6 is 0 Å². The van der Waals surface area contributed by atoms with E-state index in [4.69, 9.17) is 9.84 Å². The molecule has 0 heterocycles. The predicted molar refractivity (Wildman–Crippen MR) is 62.6 cm³/mol. The lowest BCUT2D eigenvalue weighted by Crippen LogP contribution is -2.29. The van der Waals surface area contributed by atoms with Crippen LogP contribution in [0, 0.1) is 23.0 Å². The molecule has 1 aliphatic rings. The first-order valence-corrected chi connectivity index (χ1v) is 5.63. The average molecular weight is 251 g/mol. The van der Waals surface area contributed by atoms with E-state index in [2.05, 4.69) is 0 Å². The Bertz CT molecular complexity index is 495. The lowest BCUT2D eigenvalue weighted by Gasteiger charge is -2.14. The highest BCUT2D eigenvalue weighted by molar-refractivity contribution is 5.74. The fraction of sp³-hybridized carbons (Fsp3) is 0.417. The van der Waals surface area contributed by atoms with Gasteiger partial charge < -0.3 is 9.84 Å². The molecule has 1 aliphatic carbocycles. The van der Waals surface area contributed by atoms with E-state index in [0.29, 0.717) is 0 Å². The van der Waals surface area contributed by atoms with Gasteiger partial charge in [-0.25, -0.2) is 4.79 Å². The molecule has 1 atom stereocenters. The largest absolute Gasteiger partial charge is 0.478 e. The van der Waals surface area contributed by atoms with Crippen molar-refractivity contribution in [3.05, 3.63) is 33.9 Å². The Balaban J connectivity index is 2.28. The van der Waals surface area contributed by atoms with Gasteiger partial charge in [-0.15, -0.1) is 0 Å². The molecule has 1 unspecified atom stereocenters. The highest BCUT2D eigenvalue weighted by Gasteiger charge is 2.39. The van der Waals surface area contributed by atoms with Gasteiger partial charge in [-0.3, -0.25) is 10.1 Å². The topological polar surface area (TPSA) is 89.7 Å². The summed E-state index contributed by atoms with van der Waals surface area (Å²) in [6.07, 6.45) is 0.582. The van der Waals surface area contributed by atoms with Crippen molar-refractivity contribution in [1.82, 2.24) is 0 Å². The minimum absolute atomic E-state index is 0.0271. The predicted octanol–water partition coefficient (Wildman–Crippen LogP) is 2.15. The summed E-state index contributed by atoms with van der Waals surface area (Å²) >= 11 is 0. The van der Waals surface area contributed by atoms with Crippen molar-refractivity contribution in [2.45, 2.75) is 25.9 Å². The molecule has 1 aromatic carbocycles. The van der Waals surface area contributed by atoms with Gasteiger partial charge in [0.25, 0.3) is 0 Å². The van der Waals surface area contributed by atoms with Crippen molar-refractivity contribution < 1.29 is 19.6 Å². The number of carboxylic acids is 1. The summed E-state index contributed by atoms with van der Waals surface area (Å²) in [5, 5.41) is 19.9. The first-order valence-electron chi connectivity index (χ1n) is 5.63. The lowest BCUT2D eigenvalue weighted by atomic mass is 10.2. The Labute approximate surface area is 103 Å². The zero-order valence-electron chi connectivity index (χ0n) is 9.83. The number of carbonyl (C=O) groups is 1. The number of hydrogen-bond donors (Lipinski definition) is 1. The fourth-order valence-electron chi connectivity index (χ4n) is 1.75. The molecule has 0 amide bonds. The Morgan fingerprint density at radius 2 is 2.22 bits per heavy atom. The third kappa shape index (κ3) is 2.58. The summed E-state index contributed by atoms with van der Waals surface area (Å²) < 4.78 is 5.33. The van der Waals surface area contributed by atoms with Gasteiger partial charge in [0, 0.05) is 12.0 Å². The molecule has 1 N–H and O–H groups in total. The normalized spacial score (nSPS) is 16.1. The number of carboxylic acid groups (broad SMARTS) is 1. The third-order valence-electron chi connectivity index (χ3n) is 2.86. The number of ether oxygens (including phenoxy) is 1. The summed E-state index contributed by atoms with van der Waals surface area (Å²) in [6, 6.07) is 4.42. The van der Waals surface area contributed by atoms with Crippen LogP contribution in [0.5, 0.6) is 5.75 Å². The van der Waals surface area contributed by atoms with Crippen LogP contribution in [0.1, 0.15) is 18.4 Å². The van der Waals surface area contributed by atoms with Crippen LogP contribution in [-0.2, 0) is 4.79 Å². The quantitative estimate of drug-likeness (QED) is 0.639. The van der Waals surface area contributed by atoms with Crippen LogP contribution < -0.4 is 4.74 Å². The van der Waals surface area contributed by atoms with Gasteiger partial charge in [0.2, 0.25) is 0 Å². The van der Waals surface area contributed by atoms with Crippen molar-refractivity contribution in [2.75, 3.05) is 0 Å². The standard InChI is InChI=1S/C12H13NO5/c1-7-2-5-9(13(16)17)10(6-7)18-11(12(14)15)8-3-4-8/h2,5-6,8,11H,3-4H2,1H3,(H,14,15). The number of aryl methyl sites for hydroxylation is 1. The maximum absolute atomic E-state index is 11.1. The molecule has 96 valence electrons. The molecule has 0 bridgehead atoms. The number of aliphatic carboxylic acids is 1. The van der Waals surface area contributed by atoms with Gasteiger partial charge in [0.15, 0.2) is 11.9 Å². The van der Waals surface area contributed by atoms with Crippen molar-refractivity contribution in [3.63, 3.8) is 0 Å². The molecule has 1 aromatic rings. The first-order chi connectivity index (χ1) is 8.49. The van der Waals surface area contributed by atoms with E-state index < -0.39 is 17.0 Å². The maximum atomic E-state index is 11.1. The molecule has 1 fully saturated rings. The van der Waals surface area contributed by atoms with Crippen molar-refractivity contribution >= 4 is 11.7 Å². The van der Waals surface area contributed by atoms with Crippen LogP contribution in [-0.4, -0.2) is 22.1 Å². The minimum Gasteiger partial charge on any atom is -0.478 e. The number of hydrogen-bond acceptors (Lipinski definition) is 4. The SMILES string of the molecule is Cc1ccc([N+](=O)[O-])c(OC(C(=O)O)C2CC2)c1. The second-order valence-electron chi connectivity index (χ2n) is 4.44. The minimum atomic E-state index is -1.08. The van der Waals surface area contributed by atoms with Gasteiger partial charge in [0.05, 0.1) is 4.92 Å². The highest BCUT2D eigenvalue weighted by Crippen LogP contribution is 2.37.